The molecule has 0 aliphatic rings. The zero-order chi connectivity index (χ0) is 25.1. The van der Waals surface area contributed by atoms with E-state index in [4.69, 9.17) is 9.47 Å². The van der Waals surface area contributed by atoms with Gasteiger partial charge >= 0.3 is 11.9 Å². The second kappa shape index (κ2) is 26.5. The second-order valence-corrected chi connectivity index (χ2v) is 10.0. The van der Waals surface area contributed by atoms with Gasteiger partial charge in [0.15, 0.2) is 0 Å². The van der Waals surface area contributed by atoms with E-state index in [9.17, 15) is 9.59 Å². The van der Waals surface area contributed by atoms with Crippen molar-refractivity contribution in [2.24, 2.45) is 5.92 Å². The lowest BCUT2D eigenvalue weighted by Crippen LogP contribution is -2.17. The number of carbonyl (C=O) groups excluding carboxylic acids is 2. The molecular formula is C30H58O4. The minimum absolute atomic E-state index is 0.0169. The number of carbonyl (C=O) groups is 2. The van der Waals surface area contributed by atoms with Crippen LogP contribution in [0.1, 0.15) is 162 Å². The molecule has 1 unspecified atom stereocenters. The standard InChI is InChI=1S/C30H58O4/c1-4-7-9-18-22-26-33-29(31)25-21-17-15-13-11-12-14-16-20-24-28(6-3)30(32)34-27-23-19-10-8-5-2/h28H,4-27H2,1-3H3. The Morgan fingerprint density at radius 2 is 0.971 bits per heavy atom. The van der Waals surface area contributed by atoms with Crippen molar-refractivity contribution in [2.45, 2.75) is 162 Å². The Morgan fingerprint density at radius 3 is 1.50 bits per heavy atom. The maximum absolute atomic E-state index is 12.2. The fourth-order valence-electron chi connectivity index (χ4n) is 4.35. The highest BCUT2D eigenvalue weighted by Crippen LogP contribution is 2.18. The van der Waals surface area contributed by atoms with E-state index in [0.717, 1.165) is 44.9 Å². The molecule has 0 aliphatic heterocycles. The summed E-state index contributed by atoms with van der Waals surface area (Å²) in [6.07, 6.45) is 25.1. The van der Waals surface area contributed by atoms with Crippen LogP contribution in [0.25, 0.3) is 0 Å². The number of ether oxygens (including phenoxy) is 2. The highest BCUT2D eigenvalue weighted by atomic mass is 16.5. The Bertz CT molecular complexity index is 449. The SMILES string of the molecule is CCCCCCCOC(=O)CCCCCCCCCCCC(CC)C(=O)OCCCCCCC. The van der Waals surface area contributed by atoms with Crippen LogP contribution in [0.4, 0.5) is 0 Å². The first-order valence-corrected chi connectivity index (χ1v) is 15.0. The van der Waals surface area contributed by atoms with E-state index in [1.807, 2.05) is 0 Å². The van der Waals surface area contributed by atoms with Crippen LogP contribution in [-0.2, 0) is 19.1 Å². The lowest BCUT2D eigenvalue weighted by molar-refractivity contribution is -0.149. The Labute approximate surface area is 212 Å². The van der Waals surface area contributed by atoms with E-state index < -0.39 is 0 Å². The van der Waals surface area contributed by atoms with Gasteiger partial charge in [0.05, 0.1) is 19.1 Å². The summed E-state index contributed by atoms with van der Waals surface area (Å²) < 4.78 is 10.8. The van der Waals surface area contributed by atoms with Crippen LogP contribution in [-0.4, -0.2) is 25.2 Å². The van der Waals surface area contributed by atoms with Crippen LogP contribution in [0, 0.1) is 5.92 Å². The van der Waals surface area contributed by atoms with E-state index in [2.05, 4.69) is 20.8 Å². The third kappa shape index (κ3) is 22.7. The van der Waals surface area contributed by atoms with Gasteiger partial charge in [0.2, 0.25) is 0 Å². The van der Waals surface area contributed by atoms with E-state index in [1.54, 1.807) is 0 Å². The third-order valence-corrected chi connectivity index (χ3v) is 6.76. The molecule has 0 saturated carbocycles. The molecule has 0 aromatic carbocycles. The molecule has 0 radical (unpaired) electrons. The van der Waals surface area contributed by atoms with Gasteiger partial charge in [0.25, 0.3) is 0 Å². The summed E-state index contributed by atoms with van der Waals surface area (Å²) in [4.78, 5) is 24.0. The van der Waals surface area contributed by atoms with Crippen molar-refractivity contribution in [3.63, 3.8) is 0 Å². The van der Waals surface area contributed by atoms with Crippen molar-refractivity contribution >= 4 is 11.9 Å². The van der Waals surface area contributed by atoms with Crippen molar-refractivity contribution in [3.8, 4) is 0 Å². The molecule has 0 N–H and O–H groups in total. The second-order valence-electron chi connectivity index (χ2n) is 10.0. The van der Waals surface area contributed by atoms with Crippen molar-refractivity contribution in [3.05, 3.63) is 0 Å². The van der Waals surface area contributed by atoms with Gasteiger partial charge in [-0.3, -0.25) is 9.59 Å². The Balaban J connectivity index is 3.44. The van der Waals surface area contributed by atoms with Gasteiger partial charge in [0.1, 0.15) is 0 Å². The predicted octanol–water partition coefficient (Wildman–Crippen LogP) is 9.33. The summed E-state index contributed by atoms with van der Waals surface area (Å²) in [6.45, 7) is 7.72. The first-order chi connectivity index (χ1) is 16.7. The normalized spacial score (nSPS) is 12.0. The number of unbranched alkanes of at least 4 members (excludes halogenated alkanes) is 16. The highest BCUT2D eigenvalue weighted by molar-refractivity contribution is 5.72. The summed E-state index contributed by atoms with van der Waals surface area (Å²) in [5.41, 5.74) is 0. The van der Waals surface area contributed by atoms with Gasteiger partial charge in [-0.1, -0.05) is 124 Å². The molecule has 34 heavy (non-hydrogen) atoms. The van der Waals surface area contributed by atoms with E-state index in [0.29, 0.717) is 19.6 Å². The monoisotopic (exact) mass is 482 g/mol. The molecule has 0 amide bonds. The summed E-state index contributed by atoms with van der Waals surface area (Å²) in [7, 11) is 0. The van der Waals surface area contributed by atoms with Crippen LogP contribution in [0.2, 0.25) is 0 Å². The zero-order valence-corrected chi connectivity index (χ0v) is 23.2. The summed E-state index contributed by atoms with van der Waals surface area (Å²) in [6, 6.07) is 0. The predicted molar refractivity (Wildman–Crippen MR) is 144 cm³/mol. The molecule has 0 aromatic rings. The van der Waals surface area contributed by atoms with Gasteiger partial charge in [0, 0.05) is 6.42 Å². The Morgan fingerprint density at radius 1 is 0.529 bits per heavy atom. The minimum Gasteiger partial charge on any atom is -0.466 e. The molecule has 0 aliphatic carbocycles. The summed E-state index contributed by atoms with van der Waals surface area (Å²) in [5, 5.41) is 0. The fourth-order valence-corrected chi connectivity index (χ4v) is 4.35. The third-order valence-electron chi connectivity index (χ3n) is 6.76. The van der Waals surface area contributed by atoms with E-state index in [1.165, 1.54) is 89.9 Å². The maximum Gasteiger partial charge on any atom is 0.308 e. The van der Waals surface area contributed by atoms with Crippen molar-refractivity contribution in [2.75, 3.05) is 13.2 Å². The highest BCUT2D eigenvalue weighted by Gasteiger charge is 2.17. The fraction of sp³-hybridized carbons (Fsp3) is 0.933. The molecule has 4 heteroatoms. The quantitative estimate of drug-likeness (QED) is 0.0910. The van der Waals surface area contributed by atoms with Crippen LogP contribution in [0.15, 0.2) is 0 Å². The molecule has 0 spiro atoms. The maximum atomic E-state index is 12.2. The van der Waals surface area contributed by atoms with Gasteiger partial charge in [-0.05, 0) is 32.1 Å². The number of hydrogen-bond donors (Lipinski definition) is 0. The smallest absolute Gasteiger partial charge is 0.308 e. The van der Waals surface area contributed by atoms with E-state index in [-0.39, 0.29) is 17.9 Å². The first-order valence-electron chi connectivity index (χ1n) is 15.0. The largest absolute Gasteiger partial charge is 0.466 e. The van der Waals surface area contributed by atoms with Crippen molar-refractivity contribution in [1.29, 1.82) is 0 Å². The number of hydrogen-bond acceptors (Lipinski definition) is 4. The van der Waals surface area contributed by atoms with Gasteiger partial charge < -0.3 is 9.47 Å². The molecule has 4 nitrogen and oxygen atoms in total. The summed E-state index contributed by atoms with van der Waals surface area (Å²) >= 11 is 0. The van der Waals surface area contributed by atoms with Crippen molar-refractivity contribution < 1.29 is 19.1 Å². The lowest BCUT2D eigenvalue weighted by Gasteiger charge is -2.14. The van der Waals surface area contributed by atoms with Crippen LogP contribution >= 0.6 is 0 Å². The summed E-state index contributed by atoms with van der Waals surface area (Å²) in [5.74, 6) is 0.0916. The minimum atomic E-state index is -0.0169. The van der Waals surface area contributed by atoms with E-state index >= 15 is 0 Å². The lowest BCUT2D eigenvalue weighted by atomic mass is 9.98. The average molecular weight is 483 g/mol. The Hall–Kier alpha value is -1.06. The van der Waals surface area contributed by atoms with Crippen molar-refractivity contribution in [1.82, 2.24) is 0 Å². The molecule has 0 heterocycles. The molecule has 1 atom stereocenters. The molecular weight excluding hydrogens is 424 g/mol. The first kappa shape index (κ1) is 32.9. The Kier molecular flexibility index (Phi) is 25.7. The van der Waals surface area contributed by atoms with Gasteiger partial charge in [-0.2, -0.15) is 0 Å². The van der Waals surface area contributed by atoms with Gasteiger partial charge in [-0.15, -0.1) is 0 Å². The molecule has 0 rings (SSSR count). The number of rotatable bonds is 26. The molecule has 202 valence electrons. The molecule has 0 fully saturated rings. The van der Waals surface area contributed by atoms with Crippen LogP contribution in [0.3, 0.4) is 0 Å². The van der Waals surface area contributed by atoms with Crippen LogP contribution < -0.4 is 0 Å². The van der Waals surface area contributed by atoms with Gasteiger partial charge in [-0.25, -0.2) is 0 Å². The average Bonchev–Trinajstić information content (AvgIpc) is 2.84. The molecule has 0 bridgehead atoms. The van der Waals surface area contributed by atoms with Crippen LogP contribution in [0.5, 0.6) is 0 Å². The molecule has 0 aromatic heterocycles. The topological polar surface area (TPSA) is 52.6 Å². The molecule has 0 saturated heterocycles. The zero-order valence-electron chi connectivity index (χ0n) is 23.2. The number of esters is 2.